The molecule has 2 aromatic rings. The summed E-state index contributed by atoms with van der Waals surface area (Å²) < 4.78 is 11.3. The number of hydrogen-bond donors (Lipinski definition) is 1. The molecule has 0 saturated carbocycles. The van der Waals surface area contributed by atoms with Gasteiger partial charge in [-0.15, -0.1) is 0 Å². The van der Waals surface area contributed by atoms with E-state index in [1.54, 1.807) is 19.2 Å². The molecule has 0 radical (unpaired) electrons. The molecule has 0 saturated heterocycles. The Bertz CT molecular complexity index is 1130. The minimum Gasteiger partial charge on any atom is -0.497 e. The smallest absolute Gasteiger partial charge is 0.182 e. The minimum absolute atomic E-state index is 0.0862. The highest BCUT2D eigenvalue weighted by Gasteiger charge is 2.18. The summed E-state index contributed by atoms with van der Waals surface area (Å²) in [6.07, 6.45) is 0. The fourth-order valence-corrected chi connectivity index (χ4v) is 3.22. The zero-order chi connectivity index (χ0) is 17.6. The van der Waals surface area contributed by atoms with Gasteiger partial charge in [0.05, 0.1) is 7.11 Å². The molecule has 124 valence electrons. The van der Waals surface area contributed by atoms with Crippen molar-refractivity contribution in [2.75, 3.05) is 12.8 Å². The molecule has 0 amide bonds. The first-order chi connectivity index (χ1) is 12.1. The Morgan fingerprint density at radius 3 is 2.52 bits per heavy atom. The summed E-state index contributed by atoms with van der Waals surface area (Å²) in [4.78, 5) is 11.8. The molecular weight excluding hydrogens is 314 g/mol. The first kappa shape index (κ1) is 15.3. The van der Waals surface area contributed by atoms with Crippen LogP contribution in [0.15, 0.2) is 63.8 Å². The second-order valence-corrected chi connectivity index (χ2v) is 6.07. The lowest BCUT2D eigenvalue weighted by atomic mass is 9.91. The van der Waals surface area contributed by atoms with Crippen LogP contribution in [-0.2, 0) is 0 Å². The van der Waals surface area contributed by atoms with Crippen LogP contribution in [0.5, 0.6) is 5.75 Å². The van der Waals surface area contributed by atoms with E-state index in [1.807, 2.05) is 43.3 Å². The van der Waals surface area contributed by atoms with Gasteiger partial charge in [-0.3, -0.25) is 4.79 Å². The number of fused-ring (bicyclic) bond motifs is 2. The van der Waals surface area contributed by atoms with Gasteiger partial charge < -0.3 is 14.9 Å². The molecule has 1 heterocycles. The van der Waals surface area contributed by atoms with Gasteiger partial charge in [0.2, 0.25) is 0 Å². The van der Waals surface area contributed by atoms with Crippen molar-refractivity contribution in [2.45, 2.75) is 6.92 Å². The zero-order valence-electron chi connectivity index (χ0n) is 14.0. The number of ether oxygens (including phenoxy) is 1. The lowest BCUT2D eigenvalue weighted by Crippen LogP contribution is -2.00. The maximum absolute atomic E-state index is 11.8. The van der Waals surface area contributed by atoms with Crippen LogP contribution in [0.25, 0.3) is 33.4 Å². The predicted molar refractivity (Wildman–Crippen MR) is 100 cm³/mol. The Kier molecular flexibility index (Phi) is 3.46. The molecule has 0 bridgehead atoms. The van der Waals surface area contributed by atoms with E-state index in [0.29, 0.717) is 17.0 Å². The summed E-state index contributed by atoms with van der Waals surface area (Å²) >= 11 is 0. The summed E-state index contributed by atoms with van der Waals surface area (Å²) in [5, 5.41) is 0.952. The number of rotatable bonds is 2. The minimum atomic E-state index is -0.0862. The van der Waals surface area contributed by atoms with Gasteiger partial charge in [-0.1, -0.05) is 6.07 Å². The molecule has 4 heteroatoms. The number of aryl methyl sites for hydroxylation is 1. The van der Waals surface area contributed by atoms with E-state index < -0.39 is 0 Å². The number of methoxy groups -OCH3 is 1. The van der Waals surface area contributed by atoms with Crippen LogP contribution < -0.4 is 15.9 Å². The summed E-state index contributed by atoms with van der Waals surface area (Å²) in [6, 6.07) is 16.4. The molecule has 1 aliphatic carbocycles. The molecule has 4 rings (SSSR count). The van der Waals surface area contributed by atoms with Crippen LogP contribution in [0.1, 0.15) is 5.56 Å². The zero-order valence-corrected chi connectivity index (χ0v) is 14.0. The van der Waals surface area contributed by atoms with Gasteiger partial charge in [-0.2, -0.15) is 0 Å². The van der Waals surface area contributed by atoms with Crippen molar-refractivity contribution in [3.05, 3.63) is 70.4 Å². The molecular formula is C21H17NO3. The van der Waals surface area contributed by atoms with Crippen molar-refractivity contribution >= 4 is 16.7 Å². The molecule has 0 atom stereocenters. The van der Waals surface area contributed by atoms with E-state index in [2.05, 4.69) is 0 Å². The van der Waals surface area contributed by atoms with Crippen LogP contribution in [0.2, 0.25) is 0 Å². The van der Waals surface area contributed by atoms with Crippen LogP contribution in [-0.4, -0.2) is 7.11 Å². The van der Waals surface area contributed by atoms with Gasteiger partial charge in [0.1, 0.15) is 17.1 Å². The number of hydrogen-bond acceptors (Lipinski definition) is 4. The molecule has 4 nitrogen and oxygen atoms in total. The third-order valence-electron chi connectivity index (χ3n) is 4.42. The Hall–Kier alpha value is -3.27. The molecule has 0 fully saturated rings. The Morgan fingerprint density at radius 2 is 1.76 bits per heavy atom. The fourth-order valence-electron chi connectivity index (χ4n) is 3.22. The summed E-state index contributed by atoms with van der Waals surface area (Å²) in [5.74, 6) is 1.36. The van der Waals surface area contributed by atoms with E-state index in [9.17, 15) is 4.79 Å². The van der Waals surface area contributed by atoms with Crippen molar-refractivity contribution in [2.24, 2.45) is 0 Å². The highest BCUT2D eigenvalue weighted by Crippen LogP contribution is 2.41. The predicted octanol–water partition coefficient (Wildman–Crippen LogP) is 4.46. The van der Waals surface area contributed by atoms with E-state index in [-0.39, 0.29) is 5.43 Å². The van der Waals surface area contributed by atoms with Crippen molar-refractivity contribution in [3.63, 3.8) is 0 Å². The highest BCUT2D eigenvalue weighted by atomic mass is 16.5. The third kappa shape index (κ3) is 2.52. The maximum atomic E-state index is 11.8. The summed E-state index contributed by atoms with van der Waals surface area (Å²) in [7, 11) is 1.65. The average Bonchev–Trinajstić information content (AvgIpc) is 2.59. The second kappa shape index (κ2) is 5.67. The normalized spacial score (nSPS) is 11.1. The maximum Gasteiger partial charge on any atom is 0.182 e. The Labute approximate surface area is 144 Å². The lowest BCUT2D eigenvalue weighted by Gasteiger charge is -2.17. The Morgan fingerprint density at radius 1 is 0.960 bits per heavy atom. The van der Waals surface area contributed by atoms with Gasteiger partial charge in [0.15, 0.2) is 5.43 Å². The average molecular weight is 331 g/mol. The molecule has 2 N–H and O–H groups in total. The third-order valence-corrected chi connectivity index (χ3v) is 4.42. The van der Waals surface area contributed by atoms with Crippen LogP contribution in [0.4, 0.5) is 5.69 Å². The van der Waals surface area contributed by atoms with Crippen LogP contribution >= 0.6 is 0 Å². The molecule has 0 spiro atoms. The summed E-state index contributed by atoms with van der Waals surface area (Å²) in [6.45, 7) is 2.04. The SMILES string of the molecule is COc1ccc(-c2c3ccc(=O)cc-3oc3cc(N)ccc23)c(C)c1. The first-order valence-corrected chi connectivity index (χ1v) is 7.98. The number of nitrogens with two attached hydrogens (primary N) is 1. The molecule has 25 heavy (non-hydrogen) atoms. The van der Waals surface area contributed by atoms with E-state index in [1.165, 1.54) is 6.07 Å². The van der Waals surface area contributed by atoms with Gasteiger partial charge in [-0.05, 0) is 54.4 Å². The summed E-state index contributed by atoms with van der Waals surface area (Å²) in [5.41, 5.74) is 11.2. The first-order valence-electron chi connectivity index (χ1n) is 7.98. The van der Waals surface area contributed by atoms with Crippen molar-refractivity contribution < 1.29 is 9.15 Å². The van der Waals surface area contributed by atoms with Crippen molar-refractivity contribution in [1.82, 2.24) is 0 Å². The van der Waals surface area contributed by atoms with Crippen molar-refractivity contribution in [1.29, 1.82) is 0 Å². The topological polar surface area (TPSA) is 65.5 Å². The quantitative estimate of drug-likeness (QED) is 0.435. The molecule has 1 aliphatic heterocycles. The Balaban J connectivity index is 2.15. The van der Waals surface area contributed by atoms with Crippen molar-refractivity contribution in [3.8, 4) is 28.2 Å². The molecule has 2 aliphatic rings. The highest BCUT2D eigenvalue weighted by molar-refractivity contribution is 6.03. The molecule has 0 unspecified atom stereocenters. The standard InChI is InChI=1S/C21H17NO3/c1-12-9-15(24-2)5-8-16(12)21-17-6-3-13(22)10-19(17)25-20-11-14(23)4-7-18(20)21/h3-11H,22H2,1-2H3. The van der Waals surface area contributed by atoms with Gasteiger partial charge in [-0.25, -0.2) is 0 Å². The lowest BCUT2D eigenvalue weighted by molar-refractivity contribution is 0.414. The number of anilines is 1. The monoisotopic (exact) mass is 331 g/mol. The second-order valence-electron chi connectivity index (χ2n) is 6.07. The van der Waals surface area contributed by atoms with Gasteiger partial charge in [0, 0.05) is 34.3 Å². The fraction of sp³-hybridized carbons (Fsp3) is 0.0952. The van der Waals surface area contributed by atoms with E-state index in [0.717, 1.165) is 33.4 Å². The number of nitrogen functional groups attached to an aromatic ring is 1. The number of benzene rings is 3. The van der Waals surface area contributed by atoms with Gasteiger partial charge in [0.25, 0.3) is 0 Å². The van der Waals surface area contributed by atoms with E-state index >= 15 is 0 Å². The van der Waals surface area contributed by atoms with Crippen LogP contribution in [0.3, 0.4) is 0 Å². The molecule has 2 aromatic carbocycles. The largest absolute Gasteiger partial charge is 0.497 e. The van der Waals surface area contributed by atoms with Crippen LogP contribution in [0, 0.1) is 6.92 Å². The van der Waals surface area contributed by atoms with E-state index in [4.69, 9.17) is 14.9 Å². The van der Waals surface area contributed by atoms with Gasteiger partial charge >= 0.3 is 0 Å². The molecule has 0 aromatic heterocycles.